The first-order chi connectivity index (χ1) is 15.3. The van der Waals surface area contributed by atoms with Gasteiger partial charge < -0.3 is 4.98 Å². The first-order valence-corrected chi connectivity index (χ1v) is 12.1. The molecule has 32 heavy (non-hydrogen) atoms. The summed E-state index contributed by atoms with van der Waals surface area (Å²) in [4.78, 5) is 4.53. The Labute approximate surface area is 203 Å². The predicted molar refractivity (Wildman–Crippen MR) is 126 cm³/mol. The van der Waals surface area contributed by atoms with Gasteiger partial charge in [0.1, 0.15) is 0 Å². The minimum absolute atomic E-state index is 0. The second-order valence-corrected chi connectivity index (χ2v) is 10.7. The van der Waals surface area contributed by atoms with E-state index < -0.39 is 0 Å². The van der Waals surface area contributed by atoms with Gasteiger partial charge in [0.15, 0.2) is 0 Å². The minimum atomic E-state index is 0. The number of rotatable bonds is 1. The topological polar surface area (TPSA) is 14.1 Å². The molecule has 0 aliphatic heterocycles. The summed E-state index contributed by atoms with van der Waals surface area (Å²) in [6.45, 7) is 0. The van der Waals surface area contributed by atoms with Crippen LogP contribution < -0.4 is 4.98 Å². The molecular formula is C30H26NW-. The minimum Gasteiger partial charge on any atom is -0.664 e. The number of hydrogen-bond donors (Lipinski definition) is 0. The van der Waals surface area contributed by atoms with Crippen molar-refractivity contribution in [1.29, 1.82) is 0 Å². The van der Waals surface area contributed by atoms with Crippen molar-refractivity contribution in [3.05, 3.63) is 84.1 Å². The summed E-state index contributed by atoms with van der Waals surface area (Å²) >= 11 is 0. The molecule has 4 aromatic rings. The zero-order chi connectivity index (χ0) is 20.2. The number of benzene rings is 3. The summed E-state index contributed by atoms with van der Waals surface area (Å²) in [5, 5.41) is 1.26. The van der Waals surface area contributed by atoms with Gasteiger partial charge in [-0.25, -0.2) is 0 Å². The fraction of sp³-hybridized carbons (Fsp3) is 0.333. The van der Waals surface area contributed by atoms with Crippen LogP contribution in [0.5, 0.6) is 0 Å². The molecule has 4 bridgehead atoms. The summed E-state index contributed by atoms with van der Waals surface area (Å²) < 4.78 is 0. The van der Waals surface area contributed by atoms with E-state index in [0.29, 0.717) is 0 Å². The molecule has 4 fully saturated rings. The summed E-state index contributed by atoms with van der Waals surface area (Å²) in [6.07, 6.45) is 9.22. The third kappa shape index (κ3) is 2.29. The summed E-state index contributed by atoms with van der Waals surface area (Å²) in [5.41, 5.74) is 10.3. The van der Waals surface area contributed by atoms with Crippen LogP contribution in [0.4, 0.5) is 0 Å². The molecule has 2 heteroatoms. The molecule has 5 aliphatic carbocycles. The van der Waals surface area contributed by atoms with E-state index >= 15 is 0 Å². The van der Waals surface area contributed by atoms with E-state index in [4.69, 9.17) is 0 Å². The number of aromatic nitrogens is 1. The average molecular weight is 584 g/mol. The van der Waals surface area contributed by atoms with E-state index in [9.17, 15) is 0 Å². The maximum absolute atomic E-state index is 4.53. The van der Waals surface area contributed by atoms with Gasteiger partial charge in [-0.05, 0) is 101 Å². The molecule has 4 saturated carbocycles. The molecule has 0 N–H and O–H groups in total. The largest absolute Gasteiger partial charge is 0.664 e. The average Bonchev–Trinajstić information content (AvgIpc) is 3.38. The van der Waals surface area contributed by atoms with E-state index in [2.05, 4.69) is 71.7 Å². The van der Waals surface area contributed by atoms with Gasteiger partial charge >= 0.3 is 0 Å². The van der Waals surface area contributed by atoms with Crippen LogP contribution in [0.15, 0.2) is 72.9 Å². The number of nitrogens with zero attached hydrogens (tertiary/aromatic N) is 1. The van der Waals surface area contributed by atoms with Crippen LogP contribution in [0, 0.1) is 23.7 Å². The fourth-order valence-corrected chi connectivity index (χ4v) is 8.61. The second-order valence-electron chi connectivity index (χ2n) is 10.7. The van der Waals surface area contributed by atoms with Gasteiger partial charge in [-0.3, -0.25) is 0 Å². The molecule has 0 atom stereocenters. The van der Waals surface area contributed by atoms with Crippen molar-refractivity contribution in [2.24, 2.45) is 23.7 Å². The van der Waals surface area contributed by atoms with Crippen molar-refractivity contribution >= 4 is 10.9 Å². The van der Waals surface area contributed by atoms with Crippen LogP contribution in [-0.2, 0) is 26.5 Å². The van der Waals surface area contributed by atoms with Gasteiger partial charge in [0.2, 0.25) is 0 Å². The molecule has 3 aromatic carbocycles. The molecule has 1 spiro atoms. The van der Waals surface area contributed by atoms with Crippen molar-refractivity contribution in [3.8, 4) is 22.3 Å². The Morgan fingerprint density at radius 1 is 0.656 bits per heavy atom. The van der Waals surface area contributed by atoms with Crippen molar-refractivity contribution in [2.75, 3.05) is 0 Å². The van der Waals surface area contributed by atoms with Crippen LogP contribution in [0.1, 0.15) is 43.2 Å². The van der Waals surface area contributed by atoms with E-state index in [0.717, 1.165) is 29.2 Å². The number of hydrogen-bond acceptors (Lipinski definition) is 0. The van der Waals surface area contributed by atoms with Crippen molar-refractivity contribution in [2.45, 2.75) is 37.5 Å². The maximum Gasteiger partial charge on any atom is 0.0271 e. The molecule has 158 valence electrons. The predicted octanol–water partition coefficient (Wildman–Crippen LogP) is 7.18. The second kappa shape index (κ2) is 6.70. The van der Waals surface area contributed by atoms with Gasteiger partial charge in [-0.2, -0.15) is 6.20 Å². The van der Waals surface area contributed by atoms with Gasteiger partial charge in [-0.1, -0.05) is 60.7 Å². The molecule has 1 aromatic heterocycles. The summed E-state index contributed by atoms with van der Waals surface area (Å²) in [5.74, 6) is 3.65. The Morgan fingerprint density at radius 2 is 1.38 bits per heavy atom. The van der Waals surface area contributed by atoms with E-state index in [1.807, 2.05) is 6.20 Å². The van der Waals surface area contributed by atoms with Gasteiger partial charge in [-0.15, -0.1) is 5.52 Å². The van der Waals surface area contributed by atoms with E-state index in [1.54, 1.807) is 11.1 Å². The third-order valence-corrected chi connectivity index (χ3v) is 9.40. The van der Waals surface area contributed by atoms with Gasteiger partial charge in [0.05, 0.1) is 0 Å². The standard InChI is InChI=1S/C30H26N.W/c1-2-6-27-24(4-1)26-17-20(23-5-3-7-29-25(23)10-11-31-29)8-9-28(26)30(27)21-13-18-12-19(15-21)16-22(30)14-18;/h1-11,17-19,21-22H,12-16H2;/q-1;. The van der Waals surface area contributed by atoms with Crippen molar-refractivity contribution < 1.29 is 21.1 Å². The first-order valence-electron chi connectivity index (χ1n) is 12.1. The van der Waals surface area contributed by atoms with Crippen LogP contribution in [-0.4, -0.2) is 0 Å². The first kappa shape index (κ1) is 19.4. The Morgan fingerprint density at radius 3 is 2.19 bits per heavy atom. The third-order valence-electron chi connectivity index (χ3n) is 9.40. The zero-order valence-corrected chi connectivity index (χ0v) is 21.1. The molecular weight excluding hydrogens is 558 g/mol. The van der Waals surface area contributed by atoms with Crippen LogP contribution in [0.25, 0.3) is 33.2 Å². The summed E-state index contributed by atoms with van der Waals surface area (Å²) in [6, 6.07) is 25.5. The molecule has 5 aliphatic rings. The van der Waals surface area contributed by atoms with Crippen molar-refractivity contribution in [1.82, 2.24) is 4.98 Å². The molecule has 0 unspecified atom stereocenters. The summed E-state index contributed by atoms with van der Waals surface area (Å²) in [7, 11) is 0. The Hall–Kier alpha value is -2.11. The SMILES string of the molecule is [W].c1ccc2c(c1)-c1cc(-c3cccc4[n-]ccc34)ccc1C21C2CC3CC(C2)CC1C3. The molecule has 0 saturated heterocycles. The van der Waals surface area contributed by atoms with E-state index in [1.165, 1.54) is 59.7 Å². The molecule has 1 heterocycles. The zero-order valence-electron chi connectivity index (χ0n) is 18.1. The molecule has 0 radical (unpaired) electrons. The molecule has 0 amide bonds. The van der Waals surface area contributed by atoms with Gasteiger partial charge in [0.25, 0.3) is 0 Å². The molecule has 9 rings (SSSR count). The van der Waals surface area contributed by atoms with Crippen LogP contribution in [0.3, 0.4) is 0 Å². The fourth-order valence-electron chi connectivity index (χ4n) is 8.61. The quantitative estimate of drug-likeness (QED) is 0.231. The molecule has 1 nitrogen and oxygen atoms in total. The Bertz CT molecular complexity index is 1330. The smallest absolute Gasteiger partial charge is 0.0271 e. The monoisotopic (exact) mass is 584 g/mol. The maximum atomic E-state index is 4.53. The van der Waals surface area contributed by atoms with Gasteiger partial charge in [0, 0.05) is 26.5 Å². The van der Waals surface area contributed by atoms with Crippen LogP contribution in [0.2, 0.25) is 0 Å². The Balaban J connectivity index is 0.00000180. The van der Waals surface area contributed by atoms with Crippen LogP contribution >= 0.6 is 0 Å². The van der Waals surface area contributed by atoms with Crippen molar-refractivity contribution in [3.63, 3.8) is 0 Å². The van der Waals surface area contributed by atoms with E-state index in [-0.39, 0.29) is 26.5 Å². The number of fused-ring (bicyclic) bond motifs is 4. The Kier molecular flexibility index (Phi) is 4.06. The normalized spacial score (nSPS) is 31.0.